The maximum Gasteiger partial charge on any atom is 0.230 e. The number of carbonyl (C=O) groups is 2. The second-order valence-corrected chi connectivity index (χ2v) is 8.65. The first-order valence-corrected chi connectivity index (χ1v) is 10.4. The minimum Gasteiger partial charge on any atom is -0.326 e. The van der Waals surface area contributed by atoms with Crippen LogP contribution in [0.2, 0.25) is 0 Å². The van der Waals surface area contributed by atoms with Crippen molar-refractivity contribution in [3.63, 3.8) is 0 Å². The van der Waals surface area contributed by atoms with Crippen LogP contribution in [0.1, 0.15) is 18.5 Å². The van der Waals surface area contributed by atoms with Crippen LogP contribution in [0.3, 0.4) is 0 Å². The second kappa shape index (κ2) is 6.93. The fraction of sp³-hybridized carbons (Fsp3) is 0.312. The van der Waals surface area contributed by atoms with E-state index in [1.807, 2.05) is 0 Å². The van der Waals surface area contributed by atoms with Crippen LogP contribution in [-0.2, 0) is 25.8 Å². The quantitative estimate of drug-likeness (QED) is 0.855. The van der Waals surface area contributed by atoms with Gasteiger partial charge in [-0.3, -0.25) is 14.5 Å². The Hall–Kier alpha value is -2.26. The Labute approximate surface area is 149 Å². The van der Waals surface area contributed by atoms with Crippen molar-refractivity contribution in [1.29, 1.82) is 0 Å². The molecule has 2 aromatic rings. The van der Waals surface area contributed by atoms with Crippen molar-refractivity contribution in [3.05, 3.63) is 35.3 Å². The van der Waals surface area contributed by atoms with E-state index in [0.29, 0.717) is 29.5 Å². The van der Waals surface area contributed by atoms with Gasteiger partial charge in [-0.05, 0) is 24.6 Å². The van der Waals surface area contributed by atoms with Gasteiger partial charge in [-0.15, -0.1) is 11.3 Å². The van der Waals surface area contributed by atoms with E-state index in [-0.39, 0.29) is 23.1 Å². The Morgan fingerprint density at radius 3 is 2.88 bits per heavy atom. The maximum atomic E-state index is 12.2. The van der Waals surface area contributed by atoms with Gasteiger partial charge in [0.05, 0.1) is 17.0 Å². The number of sulfone groups is 1. The van der Waals surface area contributed by atoms with Gasteiger partial charge in [-0.1, -0.05) is 6.07 Å². The minimum atomic E-state index is -3.33. The number of carbonyl (C=O) groups excluding carboxylic acids is 2. The summed E-state index contributed by atoms with van der Waals surface area (Å²) in [4.78, 5) is 30.0. The summed E-state index contributed by atoms with van der Waals surface area (Å²) in [5, 5.41) is 5.04. The molecule has 2 heterocycles. The number of anilines is 2. The molecule has 1 fully saturated rings. The van der Waals surface area contributed by atoms with Gasteiger partial charge in [0.25, 0.3) is 0 Å². The van der Waals surface area contributed by atoms with Gasteiger partial charge in [-0.2, -0.15) is 0 Å². The van der Waals surface area contributed by atoms with E-state index in [1.165, 1.54) is 23.5 Å². The third-order valence-electron chi connectivity index (χ3n) is 3.73. The summed E-state index contributed by atoms with van der Waals surface area (Å²) in [6.45, 7) is 0.663. The molecule has 0 spiro atoms. The van der Waals surface area contributed by atoms with E-state index >= 15 is 0 Å². The number of hydrogen-bond acceptors (Lipinski definition) is 6. The topological polar surface area (TPSA) is 96.4 Å². The van der Waals surface area contributed by atoms with Crippen molar-refractivity contribution in [2.45, 2.75) is 24.2 Å². The molecule has 1 saturated heterocycles. The maximum absolute atomic E-state index is 12.2. The Morgan fingerprint density at radius 2 is 2.20 bits per heavy atom. The van der Waals surface area contributed by atoms with Gasteiger partial charge in [0.2, 0.25) is 11.8 Å². The third-order valence-corrected chi connectivity index (χ3v) is 5.75. The molecule has 0 unspecified atom stereocenters. The highest BCUT2D eigenvalue weighted by Gasteiger charge is 2.24. The number of thiazole rings is 1. The van der Waals surface area contributed by atoms with Gasteiger partial charge >= 0.3 is 0 Å². The van der Waals surface area contributed by atoms with Gasteiger partial charge < -0.3 is 5.32 Å². The Bertz CT molecular complexity index is 921. The summed E-state index contributed by atoms with van der Waals surface area (Å²) in [6, 6.07) is 6.10. The van der Waals surface area contributed by atoms with E-state index in [2.05, 4.69) is 10.3 Å². The molecular weight excluding hydrogens is 362 g/mol. The molecule has 3 rings (SSSR count). The number of aromatic nitrogens is 1. The Kier molecular flexibility index (Phi) is 4.87. The molecule has 0 bridgehead atoms. The summed E-state index contributed by atoms with van der Waals surface area (Å²) in [5.74, 6) is -0.238. The molecular formula is C16H17N3O4S2. The van der Waals surface area contributed by atoms with Crippen LogP contribution in [0.25, 0.3) is 0 Å². The van der Waals surface area contributed by atoms with Crippen molar-refractivity contribution >= 4 is 43.8 Å². The Morgan fingerprint density at radius 1 is 1.40 bits per heavy atom. The van der Waals surface area contributed by atoms with Crippen molar-refractivity contribution < 1.29 is 18.0 Å². The van der Waals surface area contributed by atoms with Crippen molar-refractivity contribution in [1.82, 2.24) is 4.98 Å². The summed E-state index contributed by atoms with van der Waals surface area (Å²) >= 11 is 1.34. The number of hydrogen-bond donors (Lipinski definition) is 1. The zero-order chi connectivity index (χ0) is 18.0. The molecule has 1 aliphatic rings. The van der Waals surface area contributed by atoms with Crippen LogP contribution >= 0.6 is 11.3 Å². The molecule has 132 valence electrons. The van der Waals surface area contributed by atoms with Crippen molar-refractivity contribution in [2.75, 3.05) is 23.0 Å². The summed E-state index contributed by atoms with van der Waals surface area (Å²) in [7, 11) is -3.33. The van der Waals surface area contributed by atoms with Gasteiger partial charge in [0.1, 0.15) is 0 Å². The molecule has 0 atom stereocenters. The zero-order valence-corrected chi connectivity index (χ0v) is 15.2. The molecule has 2 amide bonds. The summed E-state index contributed by atoms with van der Waals surface area (Å²) in [5.41, 5.74) is 0.995. The fourth-order valence-electron chi connectivity index (χ4n) is 2.53. The average Bonchev–Trinajstić information content (AvgIpc) is 3.15. The van der Waals surface area contributed by atoms with Crippen LogP contribution in [-0.4, -0.2) is 38.0 Å². The third kappa shape index (κ3) is 4.23. The molecule has 9 heteroatoms. The average molecular weight is 379 g/mol. The van der Waals surface area contributed by atoms with E-state index < -0.39 is 9.84 Å². The molecule has 25 heavy (non-hydrogen) atoms. The number of nitrogens with one attached hydrogen (secondary N) is 1. The lowest BCUT2D eigenvalue weighted by atomic mass is 10.3. The highest BCUT2D eigenvalue weighted by atomic mass is 32.2. The molecule has 7 nitrogen and oxygen atoms in total. The van der Waals surface area contributed by atoms with E-state index in [1.54, 1.807) is 22.4 Å². The standard InChI is InChI=1S/C16H17N3O4S2/c1-25(22,23)13-5-2-4-11(8-13)17-14(20)9-12-10-24-16(18-12)19-7-3-6-15(19)21/h2,4-5,8,10H,3,6-7,9H2,1H3,(H,17,20). The number of rotatable bonds is 5. The van der Waals surface area contributed by atoms with Crippen LogP contribution in [0.4, 0.5) is 10.8 Å². The first-order valence-electron chi connectivity index (χ1n) is 7.68. The molecule has 0 radical (unpaired) electrons. The predicted molar refractivity (Wildman–Crippen MR) is 95.6 cm³/mol. The SMILES string of the molecule is CS(=O)(=O)c1cccc(NC(=O)Cc2csc(N3CCCC3=O)n2)c1. The first-order chi connectivity index (χ1) is 11.8. The first kappa shape index (κ1) is 17.6. The van der Waals surface area contributed by atoms with Gasteiger partial charge in [0, 0.05) is 30.3 Å². The Balaban J connectivity index is 1.65. The molecule has 1 aliphatic heterocycles. The molecule has 0 aliphatic carbocycles. The number of benzene rings is 1. The van der Waals surface area contributed by atoms with E-state index in [0.717, 1.165) is 12.7 Å². The largest absolute Gasteiger partial charge is 0.326 e. The smallest absolute Gasteiger partial charge is 0.230 e. The normalized spacial score (nSPS) is 14.8. The van der Waals surface area contributed by atoms with Gasteiger partial charge in [-0.25, -0.2) is 13.4 Å². The van der Waals surface area contributed by atoms with Crippen LogP contribution in [0.5, 0.6) is 0 Å². The highest BCUT2D eigenvalue weighted by molar-refractivity contribution is 7.90. The lowest BCUT2D eigenvalue weighted by Crippen LogP contribution is -2.23. The summed E-state index contributed by atoms with van der Waals surface area (Å²) < 4.78 is 23.1. The molecule has 0 saturated carbocycles. The fourth-order valence-corrected chi connectivity index (χ4v) is 4.06. The van der Waals surface area contributed by atoms with Crippen LogP contribution in [0.15, 0.2) is 34.5 Å². The second-order valence-electron chi connectivity index (χ2n) is 5.80. The number of amides is 2. The minimum absolute atomic E-state index is 0.0572. The predicted octanol–water partition coefficient (Wildman–Crippen LogP) is 1.85. The number of nitrogens with zero attached hydrogens (tertiary/aromatic N) is 2. The monoisotopic (exact) mass is 379 g/mol. The lowest BCUT2D eigenvalue weighted by Gasteiger charge is -2.10. The lowest BCUT2D eigenvalue weighted by molar-refractivity contribution is -0.117. The van der Waals surface area contributed by atoms with Crippen LogP contribution < -0.4 is 10.2 Å². The van der Waals surface area contributed by atoms with Gasteiger partial charge in [0.15, 0.2) is 15.0 Å². The zero-order valence-electron chi connectivity index (χ0n) is 13.6. The van der Waals surface area contributed by atoms with Crippen LogP contribution in [0, 0.1) is 0 Å². The molecule has 1 N–H and O–H groups in total. The van der Waals surface area contributed by atoms with E-state index in [4.69, 9.17) is 0 Å². The van der Waals surface area contributed by atoms with Crippen molar-refractivity contribution in [3.8, 4) is 0 Å². The molecule has 1 aromatic heterocycles. The molecule has 1 aromatic carbocycles. The van der Waals surface area contributed by atoms with E-state index in [9.17, 15) is 18.0 Å². The van der Waals surface area contributed by atoms with Crippen molar-refractivity contribution in [2.24, 2.45) is 0 Å². The highest BCUT2D eigenvalue weighted by Crippen LogP contribution is 2.25. The summed E-state index contributed by atoms with van der Waals surface area (Å²) in [6.07, 6.45) is 2.53.